The number of hydrogen-bond acceptors (Lipinski definition) is 5. The lowest BCUT2D eigenvalue weighted by Gasteiger charge is -2.29. The fourth-order valence-electron chi connectivity index (χ4n) is 3.72. The minimum Gasteiger partial charge on any atom is -0.497 e. The highest BCUT2D eigenvalue weighted by Gasteiger charge is 2.26. The van der Waals surface area contributed by atoms with Crippen molar-refractivity contribution in [2.75, 3.05) is 21.3 Å². The first kappa shape index (κ1) is 26.9. The Morgan fingerprint density at radius 2 is 1.44 bits per heavy atom. The van der Waals surface area contributed by atoms with Gasteiger partial charge in [0.25, 0.3) is 0 Å². The van der Waals surface area contributed by atoms with E-state index in [1.165, 1.54) is 0 Å². The van der Waals surface area contributed by atoms with Crippen molar-refractivity contribution in [1.82, 2.24) is 10.2 Å². The van der Waals surface area contributed by atoms with Crippen LogP contribution in [0.3, 0.4) is 0 Å². The Kier molecular flexibility index (Phi) is 9.59. The molecule has 0 saturated carbocycles. The van der Waals surface area contributed by atoms with Crippen molar-refractivity contribution >= 4 is 23.4 Å². The van der Waals surface area contributed by atoms with E-state index in [4.69, 9.17) is 25.8 Å². The molecule has 0 fully saturated rings. The molecule has 190 valence electrons. The Bertz CT molecular complexity index is 1170. The summed E-state index contributed by atoms with van der Waals surface area (Å²) in [6.07, 6.45) is 0.101. The van der Waals surface area contributed by atoms with Crippen LogP contribution in [0.5, 0.6) is 17.2 Å². The van der Waals surface area contributed by atoms with Gasteiger partial charge in [0, 0.05) is 18.1 Å². The molecular weight excluding hydrogens is 480 g/mol. The average molecular weight is 511 g/mol. The van der Waals surface area contributed by atoms with Crippen molar-refractivity contribution in [1.29, 1.82) is 0 Å². The molecule has 0 aliphatic heterocycles. The van der Waals surface area contributed by atoms with Crippen molar-refractivity contribution in [2.45, 2.75) is 32.5 Å². The lowest BCUT2D eigenvalue weighted by atomic mass is 10.1. The predicted molar refractivity (Wildman–Crippen MR) is 140 cm³/mol. The molecule has 0 radical (unpaired) electrons. The highest BCUT2D eigenvalue weighted by molar-refractivity contribution is 6.30. The van der Waals surface area contributed by atoms with Gasteiger partial charge in [0.05, 0.1) is 27.8 Å². The van der Waals surface area contributed by atoms with Crippen LogP contribution < -0.4 is 19.5 Å². The molecule has 0 aliphatic carbocycles. The molecule has 1 atom stereocenters. The number of carbonyl (C=O) groups excluding carboxylic acids is 2. The molecule has 3 aromatic rings. The predicted octanol–water partition coefficient (Wildman–Crippen LogP) is 4.64. The van der Waals surface area contributed by atoms with Gasteiger partial charge in [-0.2, -0.15) is 0 Å². The van der Waals surface area contributed by atoms with Gasteiger partial charge >= 0.3 is 0 Å². The monoisotopic (exact) mass is 510 g/mol. The van der Waals surface area contributed by atoms with E-state index in [0.717, 1.165) is 22.4 Å². The minimum atomic E-state index is -0.702. The summed E-state index contributed by atoms with van der Waals surface area (Å²) in [4.78, 5) is 28.1. The summed E-state index contributed by atoms with van der Waals surface area (Å²) in [5.74, 6) is 1.42. The maximum absolute atomic E-state index is 13.5. The molecule has 8 heteroatoms. The Hall–Kier alpha value is -3.71. The van der Waals surface area contributed by atoms with Crippen molar-refractivity contribution in [3.05, 3.63) is 88.4 Å². The number of ether oxygens (including phenoxy) is 3. The molecule has 0 unspecified atom stereocenters. The number of halogens is 1. The van der Waals surface area contributed by atoms with Gasteiger partial charge in [0.1, 0.15) is 11.8 Å². The van der Waals surface area contributed by atoms with Gasteiger partial charge in [0.15, 0.2) is 11.5 Å². The second kappa shape index (κ2) is 12.8. The van der Waals surface area contributed by atoms with Crippen molar-refractivity contribution in [3.8, 4) is 17.2 Å². The van der Waals surface area contributed by atoms with Crippen molar-refractivity contribution < 1.29 is 23.8 Å². The molecule has 36 heavy (non-hydrogen) atoms. The summed E-state index contributed by atoms with van der Waals surface area (Å²) in [5, 5.41) is 3.54. The number of hydrogen-bond donors (Lipinski definition) is 1. The zero-order valence-electron chi connectivity index (χ0n) is 20.9. The number of carbonyl (C=O) groups is 2. The quantitative estimate of drug-likeness (QED) is 0.406. The zero-order chi connectivity index (χ0) is 26.1. The highest BCUT2D eigenvalue weighted by Crippen LogP contribution is 2.28. The minimum absolute atomic E-state index is 0.101. The fourth-order valence-corrected chi connectivity index (χ4v) is 3.84. The summed E-state index contributed by atoms with van der Waals surface area (Å²) in [7, 11) is 4.71. The lowest BCUT2D eigenvalue weighted by Crippen LogP contribution is -2.48. The van der Waals surface area contributed by atoms with E-state index in [0.29, 0.717) is 23.1 Å². The molecule has 2 amide bonds. The van der Waals surface area contributed by atoms with E-state index >= 15 is 0 Å². The summed E-state index contributed by atoms with van der Waals surface area (Å²) in [6.45, 7) is 2.33. The van der Waals surface area contributed by atoms with Crippen LogP contribution in [0.4, 0.5) is 0 Å². The number of nitrogens with one attached hydrogen (secondary N) is 1. The molecule has 1 N–H and O–H groups in total. The fraction of sp³-hybridized carbons (Fsp3) is 0.286. The van der Waals surface area contributed by atoms with Crippen LogP contribution in [-0.2, 0) is 29.1 Å². The molecule has 3 aromatic carbocycles. The van der Waals surface area contributed by atoms with Gasteiger partial charge in [-0.1, -0.05) is 41.9 Å². The maximum atomic E-state index is 13.5. The van der Waals surface area contributed by atoms with Crippen molar-refractivity contribution in [2.24, 2.45) is 0 Å². The molecule has 0 heterocycles. The van der Waals surface area contributed by atoms with E-state index in [-0.39, 0.29) is 24.8 Å². The first-order valence-electron chi connectivity index (χ1n) is 11.5. The average Bonchev–Trinajstić information content (AvgIpc) is 2.91. The molecule has 0 aromatic heterocycles. The number of benzene rings is 3. The molecule has 3 rings (SSSR count). The van der Waals surface area contributed by atoms with Crippen LogP contribution in [0, 0.1) is 0 Å². The van der Waals surface area contributed by atoms with Gasteiger partial charge in [0.2, 0.25) is 11.8 Å². The third-order valence-electron chi connectivity index (χ3n) is 5.86. The Balaban J connectivity index is 1.76. The number of amides is 2. The van der Waals surface area contributed by atoms with Crippen LogP contribution in [0.25, 0.3) is 0 Å². The van der Waals surface area contributed by atoms with Crippen LogP contribution in [0.2, 0.25) is 5.02 Å². The molecular formula is C28H31ClN2O5. The first-order valence-corrected chi connectivity index (χ1v) is 11.9. The van der Waals surface area contributed by atoms with Gasteiger partial charge in [-0.15, -0.1) is 0 Å². The second-order valence-corrected chi connectivity index (χ2v) is 8.69. The van der Waals surface area contributed by atoms with E-state index in [9.17, 15) is 9.59 Å². The van der Waals surface area contributed by atoms with E-state index < -0.39 is 6.04 Å². The van der Waals surface area contributed by atoms with E-state index in [1.54, 1.807) is 57.4 Å². The molecule has 0 aliphatic rings. The second-order valence-electron chi connectivity index (χ2n) is 8.26. The zero-order valence-corrected chi connectivity index (χ0v) is 21.7. The number of nitrogens with zero attached hydrogens (tertiary/aromatic N) is 1. The first-order chi connectivity index (χ1) is 17.3. The topological polar surface area (TPSA) is 77.1 Å². The van der Waals surface area contributed by atoms with Crippen LogP contribution in [0.15, 0.2) is 66.7 Å². The Labute approximate surface area is 216 Å². The van der Waals surface area contributed by atoms with E-state index in [1.807, 2.05) is 42.5 Å². The maximum Gasteiger partial charge on any atom is 0.242 e. The van der Waals surface area contributed by atoms with E-state index in [2.05, 4.69) is 5.32 Å². The highest BCUT2D eigenvalue weighted by atomic mass is 35.5. The molecule has 0 saturated heterocycles. The van der Waals surface area contributed by atoms with Crippen LogP contribution in [-0.4, -0.2) is 44.1 Å². The Morgan fingerprint density at radius 1 is 0.833 bits per heavy atom. The molecule has 7 nitrogen and oxygen atoms in total. The molecule has 0 spiro atoms. The normalized spacial score (nSPS) is 11.4. The third kappa shape index (κ3) is 7.15. The summed E-state index contributed by atoms with van der Waals surface area (Å²) < 4.78 is 15.8. The molecule has 0 bridgehead atoms. The SMILES string of the molecule is COc1ccc(CNC(=O)[C@@H](C)N(Cc2ccc(Cl)cc2)C(=O)Cc2ccc(OC)c(OC)c2)cc1. The van der Waals surface area contributed by atoms with Crippen LogP contribution in [0.1, 0.15) is 23.6 Å². The lowest BCUT2D eigenvalue weighted by molar-refractivity contribution is -0.140. The Morgan fingerprint density at radius 3 is 2.06 bits per heavy atom. The number of rotatable bonds is 11. The van der Waals surface area contributed by atoms with Gasteiger partial charge in [-0.25, -0.2) is 0 Å². The van der Waals surface area contributed by atoms with Gasteiger partial charge in [-0.05, 0) is 60.0 Å². The van der Waals surface area contributed by atoms with Crippen LogP contribution >= 0.6 is 11.6 Å². The smallest absolute Gasteiger partial charge is 0.242 e. The summed E-state index contributed by atoms with van der Waals surface area (Å²) >= 11 is 6.03. The number of methoxy groups -OCH3 is 3. The van der Waals surface area contributed by atoms with Gasteiger partial charge < -0.3 is 24.4 Å². The van der Waals surface area contributed by atoms with Crippen molar-refractivity contribution in [3.63, 3.8) is 0 Å². The van der Waals surface area contributed by atoms with Gasteiger partial charge in [-0.3, -0.25) is 9.59 Å². The summed E-state index contributed by atoms with van der Waals surface area (Å²) in [5.41, 5.74) is 2.55. The third-order valence-corrected chi connectivity index (χ3v) is 6.11. The summed E-state index contributed by atoms with van der Waals surface area (Å²) in [6, 6.07) is 19.3. The largest absolute Gasteiger partial charge is 0.497 e. The standard InChI is InChI=1S/C28H31ClN2O5/c1-19(28(33)30-17-20-7-12-24(34-2)13-8-20)31(18-21-5-10-23(29)11-6-21)27(32)16-22-9-14-25(35-3)26(15-22)36-4/h5-15,19H,16-18H2,1-4H3,(H,30,33)/t19-/m1/s1.